The van der Waals surface area contributed by atoms with Crippen molar-refractivity contribution in [2.75, 3.05) is 18.4 Å². The molecule has 1 aromatic heterocycles. The Morgan fingerprint density at radius 2 is 1.83 bits per heavy atom. The average Bonchev–Trinajstić information content (AvgIpc) is 3.32. The zero-order valence-corrected chi connectivity index (χ0v) is 19.5. The number of nitrogens with zero attached hydrogens (tertiary/aromatic N) is 1. The largest absolute Gasteiger partial charge is 0.414 e. The highest BCUT2D eigenvalue weighted by atomic mass is 79.9. The SMILES string of the molecule is Cc1cc(NC(=O)C(C)(C)NC(=O)Oc2ccc(Br)s2)ccc1C(=O)N1CCCC1. The van der Waals surface area contributed by atoms with Crippen LogP contribution in [-0.4, -0.2) is 41.4 Å². The van der Waals surface area contributed by atoms with Crippen LogP contribution >= 0.6 is 27.3 Å². The zero-order chi connectivity index (χ0) is 21.9. The molecule has 2 aromatic rings. The van der Waals surface area contributed by atoms with Crippen LogP contribution in [0.5, 0.6) is 5.06 Å². The van der Waals surface area contributed by atoms with Gasteiger partial charge in [0.05, 0.1) is 3.79 Å². The lowest BCUT2D eigenvalue weighted by molar-refractivity contribution is -0.121. The number of anilines is 1. The molecule has 0 spiro atoms. The third-order valence-corrected chi connectivity index (χ3v) is 6.33. The molecule has 30 heavy (non-hydrogen) atoms. The van der Waals surface area contributed by atoms with Crippen molar-refractivity contribution in [1.29, 1.82) is 0 Å². The van der Waals surface area contributed by atoms with Crippen LogP contribution in [0.4, 0.5) is 10.5 Å². The Hall–Kier alpha value is -2.39. The van der Waals surface area contributed by atoms with Crippen molar-refractivity contribution >= 4 is 50.9 Å². The van der Waals surface area contributed by atoms with Gasteiger partial charge in [-0.15, -0.1) is 0 Å². The minimum Gasteiger partial charge on any atom is -0.399 e. The topological polar surface area (TPSA) is 87.7 Å². The van der Waals surface area contributed by atoms with Crippen LogP contribution < -0.4 is 15.4 Å². The van der Waals surface area contributed by atoms with E-state index < -0.39 is 17.5 Å². The Kier molecular flexibility index (Phi) is 6.82. The maximum atomic E-state index is 12.7. The molecule has 0 bridgehead atoms. The number of halogens is 1. The number of thiophene rings is 1. The van der Waals surface area contributed by atoms with Gasteiger partial charge in [0, 0.05) is 24.3 Å². The number of rotatable bonds is 5. The van der Waals surface area contributed by atoms with Gasteiger partial charge in [0.25, 0.3) is 5.91 Å². The molecule has 1 aliphatic heterocycles. The standard InChI is InChI=1S/C21H24BrN3O4S/c1-13-12-14(6-7-15(13)18(26)25-10-4-5-11-25)23-19(27)21(2,3)24-20(28)29-17-9-8-16(22)30-17/h6-9,12H,4-5,10-11H2,1-3H3,(H,23,27)(H,24,28). The monoisotopic (exact) mass is 493 g/mol. The van der Waals surface area contributed by atoms with Crippen molar-refractivity contribution in [2.45, 2.75) is 39.2 Å². The molecule has 2 N–H and O–H groups in total. The molecule has 7 nitrogen and oxygen atoms in total. The number of amides is 3. The van der Waals surface area contributed by atoms with Gasteiger partial charge in [0.1, 0.15) is 5.54 Å². The number of likely N-dealkylation sites (tertiary alicyclic amines) is 1. The van der Waals surface area contributed by atoms with Crippen molar-refractivity contribution in [3.8, 4) is 5.06 Å². The quantitative estimate of drug-likeness (QED) is 0.638. The molecule has 1 fully saturated rings. The third kappa shape index (κ3) is 5.40. The van der Waals surface area contributed by atoms with E-state index in [1.54, 1.807) is 44.2 Å². The van der Waals surface area contributed by atoms with Gasteiger partial charge < -0.3 is 20.3 Å². The maximum absolute atomic E-state index is 12.7. The lowest BCUT2D eigenvalue weighted by atomic mass is 10.0. The molecule has 0 saturated carbocycles. The first-order valence-electron chi connectivity index (χ1n) is 9.62. The van der Waals surface area contributed by atoms with E-state index >= 15 is 0 Å². The number of carbonyl (C=O) groups excluding carboxylic acids is 3. The molecule has 2 heterocycles. The van der Waals surface area contributed by atoms with Gasteiger partial charge in [0.2, 0.25) is 5.91 Å². The summed E-state index contributed by atoms with van der Waals surface area (Å²) in [5.74, 6) is -0.377. The van der Waals surface area contributed by atoms with Gasteiger partial charge >= 0.3 is 6.09 Å². The Labute approximate surface area is 187 Å². The van der Waals surface area contributed by atoms with E-state index in [0.29, 0.717) is 16.3 Å². The molecular formula is C21H24BrN3O4S. The summed E-state index contributed by atoms with van der Waals surface area (Å²) in [7, 11) is 0. The molecule has 0 atom stereocenters. The molecule has 0 aliphatic carbocycles. The summed E-state index contributed by atoms with van der Waals surface area (Å²) in [5, 5.41) is 5.79. The molecule has 1 saturated heterocycles. The van der Waals surface area contributed by atoms with Gasteiger partial charge in [-0.25, -0.2) is 4.79 Å². The number of benzene rings is 1. The van der Waals surface area contributed by atoms with E-state index in [2.05, 4.69) is 26.6 Å². The fourth-order valence-corrected chi connectivity index (χ4v) is 4.33. The molecule has 0 radical (unpaired) electrons. The fourth-order valence-electron chi connectivity index (χ4n) is 3.14. The van der Waals surface area contributed by atoms with Gasteiger partial charge in [-0.3, -0.25) is 9.59 Å². The number of ether oxygens (including phenoxy) is 1. The van der Waals surface area contributed by atoms with Gasteiger partial charge in [-0.2, -0.15) is 0 Å². The number of carbonyl (C=O) groups is 3. The van der Waals surface area contributed by atoms with Crippen LogP contribution in [0.15, 0.2) is 34.1 Å². The Morgan fingerprint density at radius 3 is 2.43 bits per heavy atom. The number of nitrogens with one attached hydrogen (secondary N) is 2. The van der Waals surface area contributed by atoms with Gasteiger partial charge in [0.15, 0.2) is 5.06 Å². The van der Waals surface area contributed by atoms with Crippen LogP contribution in [-0.2, 0) is 4.79 Å². The third-order valence-electron chi connectivity index (χ3n) is 4.83. The molecule has 9 heteroatoms. The molecule has 3 amide bonds. The van der Waals surface area contributed by atoms with Crippen molar-refractivity contribution in [3.05, 3.63) is 45.2 Å². The van der Waals surface area contributed by atoms with Crippen molar-refractivity contribution in [1.82, 2.24) is 10.2 Å². The van der Waals surface area contributed by atoms with Crippen LogP contribution in [0.1, 0.15) is 42.6 Å². The summed E-state index contributed by atoms with van der Waals surface area (Å²) in [6.07, 6.45) is 1.35. The van der Waals surface area contributed by atoms with E-state index in [0.717, 1.165) is 35.3 Å². The predicted octanol–water partition coefficient (Wildman–Crippen LogP) is 4.56. The van der Waals surface area contributed by atoms with Crippen molar-refractivity contribution in [2.24, 2.45) is 0 Å². The van der Waals surface area contributed by atoms with Crippen LogP contribution in [0.2, 0.25) is 0 Å². The molecule has 3 rings (SSSR count). The minimum absolute atomic E-state index is 0.0211. The second kappa shape index (κ2) is 9.18. The maximum Gasteiger partial charge on any atom is 0.414 e. The summed E-state index contributed by atoms with van der Waals surface area (Å²) in [6.45, 7) is 6.60. The minimum atomic E-state index is -1.20. The summed E-state index contributed by atoms with van der Waals surface area (Å²) in [5.41, 5.74) is 0.779. The molecular weight excluding hydrogens is 470 g/mol. The molecule has 1 aromatic carbocycles. The van der Waals surface area contributed by atoms with Crippen LogP contribution in [0.3, 0.4) is 0 Å². The highest BCUT2D eigenvalue weighted by Crippen LogP contribution is 2.28. The van der Waals surface area contributed by atoms with Crippen molar-refractivity contribution < 1.29 is 19.1 Å². The van der Waals surface area contributed by atoms with Crippen LogP contribution in [0.25, 0.3) is 0 Å². The highest BCUT2D eigenvalue weighted by molar-refractivity contribution is 9.11. The number of hydrogen-bond donors (Lipinski definition) is 2. The number of hydrogen-bond acceptors (Lipinski definition) is 5. The first-order valence-corrected chi connectivity index (χ1v) is 11.2. The normalized spacial score (nSPS) is 13.8. The van der Waals surface area contributed by atoms with E-state index in [1.807, 2.05) is 11.8 Å². The first-order chi connectivity index (χ1) is 14.2. The Bertz CT molecular complexity index is 967. The second-order valence-electron chi connectivity index (χ2n) is 7.68. The Morgan fingerprint density at radius 1 is 1.13 bits per heavy atom. The zero-order valence-electron chi connectivity index (χ0n) is 17.1. The summed E-state index contributed by atoms with van der Waals surface area (Å²) < 4.78 is 6.04. The van der Waals surface area contributed by atoms with Crippen LogP contribution in [0, 0.1) is 6.92 Å². The smallest absolute Gasteiger partial charge is 0.399 e. The van der Waals surface area contributed by atoms with Gasteiger partial charge in [-0.05, 0) is 85.4 Å². The lowest BCUT2D eigenvalue weighted by Gasteiger charge is -2.24. The molecule has 1 aliphatic rings. The van der Waals surface area contributed by atoms with E-state index in [4.69, 9.17) is 4.74 Å². The molecule has 0 unspecified atom stereocenters. The number of aryl methyl sites for hydroxylation is 1. The van der Waals surface area contributed by atoms with E-state index in [-0.39, 0.29) is 5.91 Å². The highest BCUT2D eigenvalue weighted by Gasteiger charge is 2.31. The van der Waals surface area contributed by atoms with Gasteiger partial charge in [-0.1, -0.05) is 11.3 Å². The Balaban J connectivity index is 1.61. The average molecular weight is 494 g/mol. The molecule has 160 valence electrons. The summed E-state index contributed by atoms with van der Waals surface area (Å²) >= 11 is 4.57. The van der Waals surface area contributed by atoms with Crippen molar-refractivity contribution in [3.63, 3.8) is 0 Å². The summed E-state index contributed by atoms with van der Waals surface area (Å²) in [4.78, 5) is 39.3. The fraction of sp³-hybridized carbons (Fsp3) is 0.381. The van der Waals surface area contributed by atoms with E-state index in [1.165, 1.54) is 11.3 Å². The summed E-state index contributed by atoms with van der Waals surface area (Å²) in [6, 6.07) is 8.63. The second-order valence-corrected chi connectivity index (χ2v) is 10.1. The predicted molar refractivity (Wildman–Crippen MR) is 120 cm³/mol. The first kappa shape index (κ1) is 22.3. The lowest BCUT2D eigenvalue weighted by Crippen LogP contribution is -2.53. The van der Waals surface area contributed by atoms with E-state index in [9.17, 15) is 14.4 Å².